The molecule has 1 aliphatic heterocycles. The average molecular weight is 352 g/mol. The van der Waals surface area contributed by atoms with Gasteiger partial charge in [0.05, 0.1) is 5.41 Å². The van der Waals surface area contributed by atoms with Crippen LogP contribution in [0.4, 0.5) is 0 Å². The quantitative estimate of drug-likeness (QED) is 0.896. The van der Waals surface area contributed by atoms with E-state index in [1.54, 1.807) is 0 Å². The highest BCUT2D eigenvalue weighted by molar-refractivity contribution is 7.86. The Morgan fingerprint density at radius 1 is 1.29 bits per heavy atom. The number of rotatable bonds is 4. The van der Waals surface area contributed by atoms with Gasteiger partial charge in [-0.15, -0.1) is 0 Å². The van der Waals surface area contributed by atoms with Gasteiger partial charge in [0.2, 0.25) is 0 Å². The molecule has 1 aromatic carbocycles. The first-order valence-corrected chi connectivity index (χ1v) is 9.63. The number of benzene rings is 1. The van der Waals surface area contributed by atoms with Crippen LogP contribution in [0.1, 0.15) is 30.7 Å². The standard InChI is InChI=1S/C17H24N2O4S/c1-18(2)24(22,23)19-11-15-10-14(13-6-4-3-5-7-13)8-9-17(15,12-19)16(20)21/h3-7,14-15H,8-12H2,1-2H3,(H,20,21)/t14-,15-,17-/m1/s1. The molecule has 3 atom stereocenters. The minimum absolute atomic E-state index is 0.0784. The fraction of sp³-hybridized carbons (Fsp3) is 0.588. The van der Waals surface area contributed by atoms with Crippen molar-refractivity contribution in [2.45, 2.75) is 25.2 Å². The summed E-state index contributed by atoms with van der Waals surface area (Å²) in [5, 5.41) is 9.84. The Hall–Kier alpha value is -1.44. The lowest BCUT2D eigenvalue weighted by atomic mass is 9.64. The number of carboxylic acids is 1. The van der Waals surface area contributed by atoms with Gasteiger partial charge in [-0.1, -0.05) is 30.3 Å². The monoisotopic (exact) mass is 352 g/mol. The van der Waals surface area contributed by atoms with Gasteiger partial charge in [-0.2, -0.15) is 17.0 Å². The van der Waals surface area contributed by atoms with E-state index in [0.29, 0.717) is 12.3 Å². The van der Waals surface area contributed by atoms with Crippen LogP contribution in [0.15, 0.2) is 30.3 Å². The number of aliphatic carboxylic acids is 1. The molecule has 0 unspecified atom stereocenters. The summed E-state index contributed by atoms with van der Waals surface area (Å²) in [6, 6.07) is 10.1. The Balaban J connectivity index is 1.88. The van der Waals surface area contributed by atoms with E-state index in [2.05, 4.69) is 12.1 Å². The predicted molar refractivity (Wildman–Crippen MR) is 90.8 cm³/mol. The molecule has 0 aromatic heterocycles. The van der Waals surface area contributed by atoms with E-state index in [4.69, 9.17) is 0 Å². The van der Waals surface area contributed by atoms with Gasteiger partial charge in [-0.3, -0.25) is 4.79 Å². The minimum Gasteiger partial charge on any atom is -0.481 e. The lowest BCUT2D eigenvalue weighted by Crippen LogP contribution is -2.44. The molecule has 1 aromatic rings. The summed E-state index contributed by atoms with van der Waals surface area (Å²) in [7, 11) is -0.618. The van der Waals surface area contributed by atoms with Crippen LogP contribution in [-0.2, 0) is 15.0 Å². The summed E-state index contributed by atoms with van der Waals surface area (Å²) in [6.45, 7) is 0.366. The second-order valence-corrected chi connectivity index (χ2v) is 9.27. The van der Waals surface area contributed by atoms with Crippen molar-refractivity contribution in [2.24, 2.45) is 11.3 Å². The maximum Gasteiger partial charge on any atom is 0.311 e. The summed E-state index contributed by atoms with van der Waals surface area (Å²) in [5.74, 6) is -0.718. The second-order valence-electron chi connectivity index (χ2n) is 7.12. The molecule has 0 spiro atoms. The molecule has 132 valence electrons. The molecular formula is C17H24N2O4S. The van der Waals surface area contributed by atoms with Crippen molar-refractivity contribution in [3.05, 3.63) is 35.9 Å². The van der Waals surface area contributed by atoms with Gasteiger partial charge < -0.3 is 5.11 Å². The summed E-state index contributed by atoms with van der Waals surface area (Å²) in [6.07, 6.45) is 2.02. The Bertz CT molecular complexity index is 719. The topological polar surface area (TPSA) is 77.9 Å². The number of hydrogen-bond donors (Lipinski definition) is 1. The van der Waals surface area contributed by atoms with Gasteiger partial charge >= 0.3 is 5.97 Å². The van der Waals surface area contributed by atoms with E-state index >= 15 is 0 Å². The summed E-state index contributed by atoms with van der Waals surface area (Å²) >= 11 is 0. The highest BCUT2D eigenvalue weighted by Crippen LogP contribution is 2.51. The van der Waals surface area contributed by atoms with E-state index in [1.807, 2.05) is 18.2 Å². The Morgan fingerprint density at radius 2 is 1.96 bits per heavy atom. The van der Waals surface area contributed by atoms with Gasteiger partial charge in [0.1, 0.15) is 0 Å². The molecule has 7 heteroatoms. The fourth-order valence-electron chi connectivity index (χ4n) is 4.19. The molecule has 1 saturated carbocycles. The molecule has 2 fully saturated rings. The second kappa shape index (κ2) is 6.13. The van der Waals surface area contributed by atoms with Crippen molar-refractivity contribution >= 4 is 16.2 Å². The summed E-state index contributed by atoms with van der Waals surface area (Å²) in [5.41, 5.74) is 0.263. The minimum atomic E-state index is -3.59. The molecule has 24 heavy (non-hydrogen) atoms. The van der Waals surface area contributed by atoms with E-state index in [1.165, 1.54) is 24.0 Å². The lowest BCUT2D eigenvalue weighted by molar-refractivity contribution is -0.152. The third-order valence-corrected chi connectivity index (χ3v) is 7.51. The molecule has 1 saturated heterocycles. The lowest BCUT2D eigenvalue weighted by Gasteiger charge is -2.38. The van der Waals surface area contributed by atoms with E-state index in [-0.39, 0.29) is 19.0 Å². The van der Waals surface area contributed by atoms with Crippen LogP contribution >= 0.6 is 0 Å². The van der Waals surface area contributed by atoms with Gasteiger partial charge in [0.15, 0.2) is 0 Å². The average Bonchev–Trinajstić information content (AvgIpc) is 2.96. The zero-order valence-corrected chi connectivity index (χ0v) is 14.9. The van der Waals surface area contributed by atoms with Gasteiger partial charge in [-0.05, 0) is 36.7 Å². The highest BCUT2D eigenvalue weighted by Gasteiger charge is 2.57. The Kier molecular flexibility index (Phi) is 4.44. The molecule has 0 radical (unpaired) electrons. The molecule has 3 rings (SSSR count). The van der Waals surface area contributed by atoms with Crippen LogP contribution in [0, 0.1) is 11.3 Å². The zero-order chi connectivity index (χ0) is 17.5. The normalized spacial score (nSPS) is 31.1. The first-order chi connectivity index (χ1) is 11.3. The highest BCUT2D eigenvalue weighted by atomic mass is 32.2. The van der Waals surface area contributed by atoms with Gasteiger partial charge in [-0.25, -0.2) is 0 Å². The first-order valence-electron chi connectivity index (χ1n) is 8.23. The van der Waals surface area contributed by atoms with Crippen molar-refractivity contribution in [1.82, 2.24) is 8.61 Å². The summed E-state index contributed by atoms with van der Waals surface area (Å²) in [4.78, 5) is 12.0. The van der Waals surface area contributed by atoms with E-state index in [9.17, 15) is 18.3 Å². The predicted octanol–water partition coefficient (Wildman–Crippen LogP) is 1.76. The van der Waals surface area contributed by atoms with Crippen LogP contribution in [-0.4, -0.2) is 55.3 Å². The molecule has 6 nitrogen and oxygen atoms in total. The fourth-order valence-corrected chi connectivity index (χ4v) is 5.41. The molecule has 1 N–H and O–H groups in total. The third kappa shape index (κ3) is 2.74. The number of nitrogens with zero attached hydrogens (tertiary/aromatic N) is 2. The molecule has 1 aliphatic carbocycles. The number of hydrogen-bond acceptors (Lipinski definition) is 3. The zero-order valence-electron chi connectivity index (χ0n) is 14.1. The Morgan fingerprint density at radius 3 is 2.54 bits per heavy atom. The molecule has 2 aliphatic rings. The molecule has 0 bridgehead atoms. The van der Waals surface area contributed by atoms with E-state index < -0.39 is 21.6 Å². The van der Waals surface area contributed by atoms with Crippen molar-refractivity contribution in [2.75, 3.05) is 27.2 Å². The summed E-state index contributed by atoms with van der Waals surface area (Å²) < 4.78 is 27.4. The molecule has 0 amide bonds. The van der Waals surface area contributed by atoms with Crippen LogP contribution in [0.3, 0.4) is 0 Å². The van der Waals surface area contributed by atoms with Crippen LogP contribution in [0.2, 0.25) is 0 Å². The largest absolute Gasteiger partial charge is 0.481 e. The third-order valence-electron chi connectivity index (χ3n) is 5.66. The number of carbonyl (C=O) groups is 1. The van der Waals surface area contributed by atoms with Crippen molar-refractivity contribution in [3.8, 4) is 0 Å². The molecule has 1 heterocycles. The smallest absolute Gasteiger partial charge is 0.311 e. The van der Waals surface area contributed by atoms with Crippen LogP contribution in [0.25, 0.3) is 0 Å². The first kappa shape index (κ1) is 17.4. The van der Waals surface area contributed by atoms with Crippen molar-refractivity contribution in [3.63, 3.8) is 0 Å². The maximum atomic E-state index is 12.5. The SMILES string of the molecule is CN(C)S(=O)(=O)N1C[C@H]2C[C@H](c3ccccc3)CC[C@@]2(C(=O)O)C1. The maximum absolute atomic E-state index is 12.5. The number of carboxylic acid groups (broad SMARTS) is 1. The Labute approximate surface area is 143 Å². The molecular weight excluding hydrogens is 328 g/mol. The van der Waals surface area contributed by atoms with Crippen molar-refractivity contribution < 1.29 is 18.3 Å². The van der Waals surface area contributed by atoms with E-state index in [0.717, 1.165) is 17.1 Å². The number of fused-ring (bicyclic) bond motifs is 1. The van der Waals surface area contributed by atoms with Gasteiger partial charge in [0, 0.05) is 27.2 Å². The van der Waals surface area contributed by atoms with Crippen molar-refractivity contribution in [1.29, 1.82) is 0 Å². The van der Waals surface area contributed by atoms with Crippen LogP contribution < -0.4 is 0 Å². The van der Waals surface area contributed by atoms with Gasteiger partial charge in [0.25, 0.3) is 10.2 Å². The van der Waals surface area contributed by atoms with Crippen LogP contribution in [0.5, 0.6) is 0 Å².